The van der Waals surface area contributed by atoms with Crippen LogP contribution in [-0.4, -0.2) is 722 Å². The molecule has 0 bridgehead atoms. The normalized spacial score (nSPS) is 10.0. The maximum Gasteiger partial charge on any atom is 0.345 e. The van der Waals surface area contributed by atoms with Crippen LogP contribution in [-0.2, 0) is 0 Å². The van der Waals surface area contributed by atoms with Crippen molar-refractivity contribution < 1.29 is 19.1 Å². The lowest BCUT2D eigenvalue weighted by Gasteiger charge is -2.63. The molecule has 0 spiro atoms. The average Bonchev–Trinajstić information content (AvgIpc) is 0.705. The van der Waals surface area contributed by atoms with Gasteiger partial charge in [0.15, 0.2) is 0 Å². The number of ether oxygens (including phenoxy) is 2. The van der Waals surface area contributed by atoms with Gasteiger partial charge in [0.05, 0.1) is 22.5 Å². The van der Waals surface area contributed by atoms with Crippen LogP contribution in [0.4, 0.5) is 0 Å². The fourth-order valence-corrected chi connectivity index (χ4v) is 21.6. The third-order valence-electron chi connectivity index (χ3n) is 26.5. The summed E-state index contributed by atoms with van der Waals surface area (Å²) in [5, 5.41) is 0.239. The number of esters is 2. The molecule has 0 saturated heterocycles. The first-order chi connectivity index (χ1) is 63.1. The second-order valence-electron chi connectivity index (χ2n) is 35.9. The highest BCUT2D eigenvalue weighted by Gasteiger charge is 2.69. The Bertz CT molecular complexity index is 3720. The lowest BCUT2D eigenvalue weighted by Crippen LogP contribution is -3.01. The standard InChI is InChI=1S/C30H19ClN2O4.B99/c31-24-15-25(36-29(34)22-11-13-27(32-18-22)20-7-3-1-4-8-20)17-26(16-24)37-30(35)23-12-14-28(33-19-23)21-9-5-2-6-10-21;1-51-76(50)89(77(52(2)3)53(4)5)95(88(74(46)47)75(48)49)98(94(86(70(38)39)71(40)41)87(72(42)43)73(44)45)99(96(90(78(54(6)7)55(8)9)79(56(10)11)57(12)13)91(80(58(14)15)59(16)17)81(60(18)19)61(20)21)97(92(82(62(22)23)63(24)25)83(64(26)27)65(28)29)93(84(66(30)31)67(32)33)85(68(34)35)69(36)37/h1-19H;. The number of nitrogens with zero attached hydrogens (tertiary/aromatic N) is 2. The van der Waals surface area contributed by atoms with Gasteiger partial charge in [0.2, 0.25) is 0 Å². The van der Waals surface area contributed by atoms with E-state index < -0.39 is 318 Å². The minimum atomic E-state index is -2.29. The predicted molar refractivity (Wildman–Crippen MR) is 710 cm³/mol. The Kier molecular flexibility index (Phi) is 58.5. The van der Waals surface area contributed by atoms with Crippen molar-refractivity contribution in [3.8, 4) is 34.0 Å². The van der Waals surface area contributed by atoms with Crippen molar-refractivity contribution >= 4 is 724 Å². The Morgan fingerprint density at radius 3 is 0.537 bits per heavy atom. The van der Waals surface area contributed by atoms with Crippen LogP contribution in [0.3, 0.4) is 0 Å². The van der Waals surface area contributed by atoms with E-state index in [0.29, 0.717) is 0 Å². The lowest BCUT2D eigenvalue weighted by molar-refractivity contribution is 0.0732. The first-order valence-corrected chi connectivity index (χ1v) is 44.4. The summed E-state index contributed by atoms with van der Waals surface area (Å²) in [6, 6.07) is 30.3. The Hall–Kier alpha value is 1.62. The lowest BCUT2D eigenvalue weighted by atomic mass is 8.18. The van der Waals surface area contributed by atoms with Gasteiger partial charge in [-0.2, -0.15) is 0 Å². The average molecular weight is 1580 g/mol. The molecule has 0 atom stereocenters. The topological polar surface area (TPSA) is 78.4 Å². The van der Waals surface area contributed by atoms with Crippen molar-refractivity contribution in [3.63, 3.8) is 0 Å². The van der Waals surface area contributed by atoms with Crippen molar-refractivity contribution in [3.05, 3.63) is 132 Å². The Balaban J connectivity index is 0.000000851. The van der Waals surface area contributed by atoms with Gasteiger partial charge in [-0.3, -0.25) is 9.97 Å². The van der Waals surface area contributed by atoms with Crippen LogP contribution in [0.2, 0.25) is 5.02 Å². The molecular weight excluding hydrogens is 1560 g/mol. The van der Waals surface area contributed by atoms with Crippen LogP contribution >= 0.6 is 11.6 Å². The molecule has 136 heavy (non-hydrogen) atoms. The van der Waals surface area contributed by atoms with Crippen molar-refractivity contribution in [2.24, 2.45) is 0 Å². The summed E-state index contributed by atoms with van der Waals surface area (Å²) in [4.78, 5) is 34.0. The second-order valence-corrected chi connectivity index (χ2v) is 36.3. The van der Waals surface area contributed by atoms with Crippen molar-refractivity contribution in [2.75, 3.05) is 0 Å². The van der Waals surface area contributed by atoms with Crippen molar-refractivity contribution in [1.82, 2.24) is 9.97 Å². The number of aromatic nitrogens is 2. The summed E-state index contributed by atoms with van der Waals surface area (Å²) >= 11 is 6.18. The number of carbonyl (C=O) groups is 2. The van der Waals surface area contributed by atoms with E-state index in [1.807, 2.05) is 60.7 Å². The second kappa shape index (κ2) is 61.2. The predicted octanol–water partition coefficient (Wildman–Crippen LogP) is -30.8. The van der Waals surface area contributed by atoms with Gasteiger partial charge in [0.1, 0.15) is 11.5 Å². The van der Waals surface area contributed by atoms with Gasteiger partial charge >= 0.3 is 11.9 Å². The molecule has 3 aromatic carbocycles. The highest BCUT2D eigenvalue weighted by molar-refractivity contribution is 8.44. The van der Waals surface area contributed by atoms with Gasteiger partial charge in [-0.15, -0.1) is 0 Å². The monoisotopic (exact) mass is 1600 g/mol. The minimum absolute atomic E-state index is 0.130. The molecule has 6 nitrogen and oxygen atoms in total. The Morgan fingerprint density at radius 1 is 0.221 bits per heavy atom. The number of pyridine rings is 2. The molecule has 477 valence electrons. The highest BCUT2D eigenvalue weighted by Crippen LogP contribution is 2.33. The Morgan fingerprint density at radius 2 is 0.382 bits per heavy atom. The van der Waals surface area contributed by atoms with E-state index in [9.17, 15) is 9.59 Å². The van der Waals surface area contributed by atoms with Gasteiger partial charge in [-0.1, -0.05) is 72.3 Å². The van der Waals surface area contributed by atoms with Crippen LogP contribution in [0.25, 0.3) is 22.5 Å². The third-order valence-corrected chi connectivity index (χ3v) is 26.7. The quantitative estimate of drug-likeness (QED) is 0.0219. The summed E-state index contributed by atoms with van der Waals surface area (Å²) in [5.41, 5.74) is 3.88. The molecule has 5 rings (SSSR count). The molecule has 0 amide bonds. The fraction of sp³-hybridized carbons (Fsp3) is 0. The number of carbonyl (C=O) groups excluding carboxylic acids is 2. The molecule has 2 aromatic heterocycles. The van der Waals surface area contributed by atoms with E-state index in [1.165, 1.54) is 30.6 Å². The fourth-order valence-electron chi connectivity index (χ4n) is 21.4. The van der Waals surface area contributed by atoms with Gasteiger partial charge in [-0.05, 0) is 36.4 Å². The number of hydrogen-bond donors (Lipinski definition) is 0. The highest BCUT2D eigenvalue weighted by atomic mass is 35.5. The molecular formula is C30H19B99ClN2O4. The maximum absolute atomic E-state index is 12.7. The van der Waals surface area contributed by atoms with Crippen LogP contribution in [0.5, 0.6) is 11.5 Å². The number of hydrogen-bond acceptors (Lipinski definition) is 6. The summed E-state index contributed by atoms with van der Waals surface area (Å²) in [6.45, 7) is 0. The number of benzene rings is 3. The summed E-state index contributed by atoms with van der Waals surface area (Å²) in [6.07, 6.45) is -87.3. The molecule has 106 heteroatoms. The third kappa shape index (κ3) is 35.4. The zero-order valence-corrected chi connectivity index (χ0v) is 77.3. The zero-order chi connectivity index (χ0) is 104. The number of rotatable bonds is 54. The summed E-state index contributed by atoms with van der Waals surface area (Å²) in [7, 11) is 356. The molecule has 0 saturated carbocycles. The van der Waals surface area contributed by atoms with E-state index in [2.05, 4.69) is 9.97 Å². The van der Waals surface area contributed by atoms with E-state index in [1.54, 1.807) is 24.3 Å². The molecule has 5 aromatic rings. The van der Waals surface area contributed by atoms with Crippen LogP contribution in [0.1, 0.15) is 20.7 Å². The Labute approximate surface area is 909 Å². The molecule has 0 fully saturated rings. The van der Waals surface area contributed by atoms with E-state index >= 15 is 0 Å². The molecule has 0 N–H and O–H groups in total. The molecule has 101 radical (unpaired) electrons. The van der Waals surface area contributed by atoms with Gasteiger partial charge < -0.3 is 9.47 Å². The van der Waals surface area contributed by atoms with Crippen molar-refractivity contribution in [2.45, 2.75) is 0 Å². The summed E-state index contributed by atoms with van der Waals surface area (Å²) < 4.78 is 10.9. The molecule has 2 heterocycles. The van der Waals surface area contributed by atoms with Gasteiger partial charge in [-0.25, -0.2) is 9.59 Å². The van der Waals surface area contributed by atoms with E-state index in [-0.39, 0.29) is 27.6 Å². The van der Waals surface area contributed by atoms with Crippen LogP contribution < -0.4 is 9.47 Å². The zero-order valence-electron chi connectivity index (χ0n) is 76.5. The largest absolute Gasteiger partial charge is 0.423 e. The van der Waals surface area contributed by atoms with Crippen LogP contribution in [0.15, 0.2) is 116 Å². The van der Waals surface area contributed by atoms with Crippen molar-refractivity contribution in [1.29, 1.82) is 0 Å². The van der Waals surface area contributed by atoms with E-state index in [4.69, 9.17) is 408 Å². The maximum atomic E-state index is 12.7. The SMILES string of the molecule is O=C(Oc1cc(Cl)cc(OC(=O)c2ccc(-c3ccccc3)nc2)c1)c1ccc(-c2ccccc2)nc1.[B][B]B([B])B(B(B([B])[B])B([B])[B])B(B(B([B])[B])B([B])[B])B(B(B(B([B])[B])B([B])[B])B(B([B])[B])B([B])[B])B(B(B(B(B([B])[B])B([B])[B])B(B([B])[B])B([B])[B])B(B(B([B])[B])B([B])[B])B(B([B])[B])B([B])[B])B(B(B(B([B])[B])B([B])[B])B(B([B])[B])B([B])[B])B(B(B([B])[B])B([B])[B])B(B([B])[B])B([B])[B]. The molecule has 0 aliphatic heterocycles. The minimum Gasteiger partial charge on any atom is -0.423 e. The first kappa shape index (κ1) is 130. The molecule has 0 aliphatic rings. The van der Waals surface area contributed by atoms with Gasteiger partial charge in [0, 0.05) is 735 Å². The molecule has 0 aliphatic carbocycles. The first-order valence-electron chi connectivity index (χ1n) is 44.0. The smallest absolute Gasteiger partial charge is 0.345 e. The van der Waals surface area contributed by atoms with E-state index in [0.717, 1.165) is 29.6 Å². The summed E-state index contributed by atoms with van der Waals surface area (Å²) in [5.74, 6) is -0.977. The van der Waals surface area contributed by atoms with Crippen LogP contribution in [0, 0.1) is 0 Å². The van der Waals surface area contributed by atoms with Gasteiger partial charge in [0.25, 0.3) is 0 Å². The number of halogens is 1. The molecule has 0 unspecified atom stereocenters.